The molecular weight excluding hydrogens is 236 g/mol. The Hall–Kier alpha value is -1.35. The van der Waals surface area contributed by atoms with E-state index in [1.54, 1.807) is 0 Å². The smallest absolute Gasteiger partial charge is 0.184 e. The first-order valence-corrected chi connectivity index (χ1v) is 7.51. The summed E-state index contributed by atoms with van der Waals surface area (Å²) in [5, 5.41) is 0. The highest BCUT2D eigenvalue weighted by Crippen LogP contribution is 2.21. The Labute approximate surface area is 115 Å². The van der Waals surface area contributed by atoms with Crippen molar-refractivity contribution in [1.82, 2.24) is 0 Å². The van der Waals surface area contributed by atoms with Crippen molar-refractivity contribution in [2.75, 3.05) is 18.6 Å². The molecule has 1 aliphatic carbocycles. The summed E-state index contributed by atoms with van der Waals surface area (Å²) in [7, 11) is 0. The summed E-state index contributed by atoms with van der Waals surface area (Å²) in [5.41, 5.74) is 5.68. The summed E-state index contributed by atoms with van der Waals surface area (Å²) < 4.78 is 2.55. The molecule has 2 aliphatic rings. The predicted octanol–water partition coefficient (Wildman–Crippen LogP) is 3.22. The van der Waals surface area contributed by atoms with Gasteiger partial charge in [0.25, 0.3) is 0 Å². The molecule has 1 aliphatic heterocycles. The van der Waals surface area contributed by atoms with Gasteiger partial charge in [0.05, 0.1) is 5.69 Å². The third-order valence-corrected chi connectivity index (χ3v) is 4.13. The number of benzene rings is 1. The van der Waals surface area contributed by atoms with Crippen molar-refractivity contribution in [2.45, 2.75) is 44.6 Å². The highest BCUT2D eigenvalue weighted by Gasteiger charge is 2.31. The van der Waals surface area contributed by atoms with Crippen molar-refractivity contribution >= 4 is 11.4 Å². The van der Waals surface area contributed by atoms with Gasteiger partial charge in [0, 0.05) is 19.3 Å². The van der Waals surface area contributed by atoms with Crippen molar-refractivity contribution in [3.05, 3.63) is 30.3 Å². The fourth-order valence-electron chi connectivity index (χ4n) is 3.10. The molecule has 0 unspecified atom stereocenters. The van der Waals surface area contributed by atoms with Crippen LogP contribution in [0.2, 0.25) is 0 Å². The average Bonchev–Trinajstić information content (AvgIpc) is 3.01. The van der Waals surface area contributed by atoms with Gasteiger partial charge in [-0.3, -0.25) is 10.3 Å². The second-order valence-electron chi connectivity index (χ2n) is 5.51. The maximum atomic E-state index is 5.97. The fourth-order valence-corrected chi connectivity index (χ4v) is 3.10. The zero-order chi connectivity index (χ0) is 12.9. The Kier molecular flexibility index (Phi) is 4.13. The Bertz CT molecular complexity index is 433. The summed E-state index contributed by atoms with van der Waals surface area (Å²) in [4.78, 5) is 5.97. The van der Waals surface area contributed by atoms with Gasteiger partial charge in [-0.05, 0) is 31.4 Å². The second kappa shape index (κ2) is 6.20. The van der Waals surface area contributed by atoms with E-state index in [0.717, 1.165) is 12.1 Å². The molecule has 1 saturated carbocycles. The van der Waals surface area contributed by atoms with E-state index in [4.69, 9.17) is 4.84 Å². The lowest BCUT2D eigenvalue weighted by atomic mass is 9.95. The molecule has 1 N–H and O–H groups in total. The molecule has 0 amide bonds. The van der Waals surface area contributed by atoms with Crippen LogP contribution in [0.3, 0.4) is 0 Å². The van der Waals surface area contributed by atoms with Gasteiger partial charge in [-0.2, -0.15) is 0 Å². The van der Waals surface area contributed by atoms with Gasteiger partial charge < -0.3 is 0 Å². The zero-order valence-corrected chi connectivity index (χ0v) is 11.5. The van der Waals surface area contributed by atoms with E-state index in [-0.39, 0.29) is 6.10 Å². The first-order valence-electron chi connectivity index (χ1n) is 7.51. The summed E-state index contributed by atoms with van der Waals surface area (Å²) in [5.74, 6) is 0. The standard InChI is InChI=1S/C16H23N2O/c1-2-8-14(9-3-1)17-19-16-11-5-4-10-15(16)18-12-6-7-13-18/h1-3,8-9,16-17H,4-7,10-13H2/q+1/t16-/m0/s1. The SMILES string of the molecule is c1ccc(NO[C@H]2CCCCC2=[N+]2CCCC2)cc1. The number of rotatable bonds is 3. The van der Waals surface area contributed by atoms with Gasteiger partial charge >= 0.3 is 0 Å². The Morgan fingerprint density at radius 2 is 1.79 bits per heavy atom. The Morgan fingerprint density at radius 1 is 1.00 bits per heavy atom. The van der Waals surface area contributed by atoms with Crippen LogP contribution in [0.15, 0.2) is 30.3 Å². The number of para-hydroxylation sites is 1. The van der Waals surface area contributed by atoms with Crippen molar-refractivity contribution in [1.29, 1.82) is 0 Å². The molecule has 1 heterocycles. The van der Waals surface area contributed by atoms with Crippen LogP contribution in [0.5, 0.6) is 0 Å². The van der Waals surface area contributed by atoms with Gasteiger partial charge in [0.15, 0.2) is 11.8 Å². The molecule has 1 aromatic carbocycles. The number of hydrogen-bond acceptors (Lipinski definition) is 2. The van der Waals surface area contributed by atoms with Crippen LogP contribution in [0, 0.1) is 0 Å². The molecule has 0 radical (unpaired) electrons. The van der Waals surface area contributed by atoms with Gasteiger partial charge in [-0.25, -0.2) is 4.58 Å². The lowest BCUT2D eigenvalue weighted by Crippen LogP contribution is -2.36. The molecule has 3 nitrogen and oxygen atoms in total. The minimum atomic E-state index is 0.257. The molecule has 0 aromatic heterocycles. The van der Waals surface area contributed by atoms with Crippen LogP contribution in [-0.2, 0) is 4.84 Å². The Morgan fingerprint density at radius 3 is 2.58 bits per heavy atom. The maximum Gasteiger partial charge on any atom is 0.184 e. The number of nitrogens with one attached hydrogen (secondary N) is 1. The number of anilines is 1. The molecule has 0 spiro atoms. The lowest BCUT2D eigenvalue weighted by molar-refractivity contribution is -0.510. The van der Waals surface area contributed by atoms with E-state index in [2.05, 4.69) is 10.1 Å². The van der Waals surface area contributed by atoms with Crippen LogP contribution < -0.4 is 5.48 Å². The van der Waals surface area contributed by atoms with Gasteiger partial charge in [-0.15, -0.1) is 0 Å². The predicted molar refractivity (Wildman–Crippen MR) is 77.6 cm³/mol. The van der Waals surface area contributed by atoms with E-state index in [1.807, 2.05) is 30.3 Å². The minimum absolute atomic E-state index is 0.257. The van der Waals surface area contributed by atoms with Crippen LogP contribution in [0.25, 0.3) is 0 Å². The number of hydrogen-bond donors (Lipinski definition) is 1. The summed E-state index contributed by atoms with van der Waals surface area (Å²) in [6, 6.07) is 10.2. The van der Waals surface area contributed by atoms with E-state index >= 15 is 0 Å². The fraction of sp³-hybridized carbons (Fsp3) is 0.562. The van der Waals surface area contributed by atoms with Crippen LogP contribution in [-0.4, -0.2) is 29.5 Å². The topological polar surface area (TPSA) is 24.3 Å². The monoisotopic (exact) mass is 259 g/mol. The van der Waals surface area contributed by atoms with Crippen molar-refractivity contribution < 1.29 is 9.41 Å². The molecule has 0 bridgehead atoms. The highest BCUT2D eigenvalue weighted by atomic mass is 16.7. The minimum Gasteiger partial charge on any atom is -0.266 e. The van der Waals surface area contributed by atoms with Gasteiger partial charge in [0.1, 0.15) is 13.1 Å². The molecule has 102 valence electrons. The van der Waals surface area contributed by atoms with Crippen LogP contribution in [0.4, 0.5) is 5.69 Å². The number of nitrogens with zero attached hydrogens (tertiary/aromatic N) is 1. The maximum absolute atomic E-state index is 5.97. The zero-order valence-electron chi connectivity index (χ0n) is 11.5. The van der Waals surface area contributed by atoms with E-state index in [9.17, 15) is 0 Å². The lowest BCUT2D eigenvalue weighted by Gasteiger charge is -2.22. The van der Waals surface area contributed by atoms with E-state index < -0.39 is 0 Å². The highest BCUT2D eigenvalue weighted by molar-refractivity contribution is 5.85. The molecule has 1 saturated heterocycles. The van der Waals surface area contributed by atoms with Crippen LogP contribution >= 0.6 is 0 Å². The normalized spacial score (nSPS) is 23.7. The summed E-state index contributed by atoms with van der Waals surface area (Å²) in [6.45, 7) is 2.45. The summed E-state index contributed by atoms with van der Waals surface area (Å²) in [6.07, 6.45) is 7.87. The molecular formula is C16H23N2O+. The van der Waals surface area contributed by atoms with Gasteiger partial charge in [-0.1, -0.05) is 18.2 Å². The van der Waals surface area contributed by atoms with Gasteiger partial charge in [0.2, 0.25) is 0 Å². The molecule has 2 fully saturated rings. The van der Waals surface area contributed by atoms with E-state index in [0.29, 0.717) is 0 Å². The van der Waals surface area contributed by atoms with Crippen molar-refractivity contribution in [3.63, 3.8) is 0 Å². The average molecular weight is 259 g/mol. The third kappa shape index (κ3) is 3.16. The largest absolute Gasteiger partial charge is 0.266 e. The summed E-state index contributed by atoms with van der Waals surface area (Å²) >= 11 is 0. The molecule has 1 aromatic rings. The van der Waals surface area contributed by atoms with Crippen molar-refractivity contribution in [3.8, 4) is 0 Å². The van der Waals surface area contributed by atoms with Crippen molar-refractivity contribution in [2.24, 2.45) is 0 Å². The molecule has 3 rings (SSSR count). The first-order chi connectivity index (χ1) is 9.43. The van der Waals surface area contributed by atoms with Crippen LogP contribution in [0.1, 0.15) is 38.5 Å². The molecule has 19 heavy (non-hydrogen) atoms. The molecule has 1 atom stereocenters. The second-order valence-corrected chi connectivity index (χ2v) is 5.51. The first kappa shape index (κ1) is 12.7. The van der Waals surface area contributed by atoms with E-state index in [1.165, 1.54) is 50.9 Å². The quantitative estimate of drug-likeness (QED) is 0.666. The molecule has 3 heteroatoms. The Balaban J connectivity index is 1.66. The third-order valence-electron chi connectivity index (χ3n) is 4.13.